The molecule has 32 heavy (non-hydrogen) atoms. The molecular weight excluding hydrogens is 416 g/mol. The van der Waals surface area contributed by atoms with Crippen molar-refractivity contribution in [2.24, 2.45) is 0 Å². The number of carbonyl (C=O) groups is 1. The summed E-state index contributed by atoms with van der Waals surface area (Å²) in [4.78, 5) is 17.3. The van der Waals surface area contributed by atoms with E-state index in [9.17, 15) is 4.79 Å². The Morgan fingerprint density at radius 2 is 1.62 bits per heavy atom. The van der Waals surface area contributed by atoms with Crippen molar-refractivity contribution in [2.45, 2.75) is 13.5 Å². The lowest BCUT2D eigenvalue weighted by Gasteiger charge is -2.36. The first kappa shape index (κ1) is 22.0. The molecule has 1 heterocycles. The average Bonchev–Trinajstić information content (AvgIpc) is 2.81. The van der Waals surface area contributed by atoms with Crippen LogP contribution in [0.4, 0.5) is 11.4 Å². The van der Waals surface area contributed by atoms with Crippen LogP contribution in [0.3, 0.4) is 0 Å². The van der Waals surface area contributed by atoms with Crippen molar-refractivity contribution < 1.29 is 4.79 Å². The summed E-state index contributed by atoms with van der Waals surface area (Å²) in [5.41, 5.74) is 5.04. The molecule has 1 aliphatic heterocycles. The van der Waals surface area contributed by atoms with Crippen LogP contribution in [0.2, 0.25) is 0 Å². The number of anilines is 2. The SMILES string of the molecule is Cc1cccc(C(=O)NC(=S)Nc2ccc(N3CCN(Cc4ccccc4)CC3)cc2)c1. The van der Waals surface area contributed by atoms with Crippen molar-refractivity contribution >= 4 is 34.6 Å². The first-order chi connectivity index (χ1) is 15.6. The molecule has 5 nitrogen and oxygen atoms in total. The number of piperazine rings is 1. The van der Waals surface area contributed by atoms with Crippen molar-refractivity contribution in [3.8, 4) is 0 Å². The number of aryl methyl sites for hydroxylation is 1. The molecule has 164 valence electrons. The molecule has 1 saturated heterocycles. The summed E-state index contributed by atoms with van der Waals surface area (Å²) in [6.07, 6.45) is 0. The number of thiocarbonyl (C=S) groups is 1. The van der Waals surface area contributed by atoms with Gasteiger partial charge >= 0.3 is 0 Å². The van der Waals surface area contributed by atoms with E-state index < -0.39 is 0 Å². The maximum absolute atomic E-state index is 12.4. The highest BCUT2D eigenvalue weighted by atomic mass is 32.1. The van der Waals surface area contributed by atoms with Crippen molar-refractivity contribution in [2.75, 3.05) is 36.4 Å². The minimum Gasteiger partial charge on any atom is -0.369 e. The Balaban J connectivity index is 1.26. The molecule has 0 spiro atoms. The third kappa shape index (κ3) is 5.93. The highest BCUT2D eigenvalue weighted by molar-refractivity contribution is 7.80. The molecular formula is C26H28N4OS. The van der Waals surface area contributed by atoms with Gasteiger partial charge in [0.1, 0.15) is 0 Å². The maximum Gasteiger partial charge on any atom is 0.257 e. The molecule has 2 N–H and O–H groups in total. The maximum atomic E-state index is 12.4. The summed E-state index contributed by atoms with van der Waals surface area (Å²) >= 11 is 5.31. The molecule has 3 aromatic carbocycles. The molecule has 0 saturated carbocycles. The molecule has 3 aromatic rings. The minimum absolute atomic E-state index is 0.212. The Hall–Kier alpha value is -3.22. The molecule has 1 fully saturated rings. The molecule has 6 heteroatoms. The first-order valence-corrected chi connectivity index (χ1v) is 11.3. The van der Waals surface area contributed by atoms with Crippen molar-refractivity contribution in [3.63, 3.8) is 0 Å². The van der Waals surface area contributed by atoms with Crippen LogP contribution in [-0.2, 0) is 6.54 Å². The average molecular weight is 445 g/mol. The van der Waals surface area contributed by atoms with Crippen LogP contribution in [0, 0.1) is 6.92 Å². The van der Waals surface area contributed by atoms with Crippen LogP contribution in [0.1, 0.15) is 21.5 Å². The second kappa shape index (κ2) is 10.4. The number of rotatable bonds is 5. The lowest BCUT2D eigenvalue weighted by Crippen LogP contribution is -2.45. The van der Waals surface area contributed by atoms with E-state index in [0.29, 0.717) is 10.7 Å². The Morgan fingerprint density at radius 3 is 2.31 bits per heavy atom. The smallest absolute Gasteiger partial charge is 0.257 e. The van der Waals surface area contributed by atoms with E-state index in [-0.39, 0.29) is 5.91 Å². The molecule has 1 aliphatic rings. The Bertz CT molecular complexity index is 1060. The van der Waals surface area contributed by atoms with Gasteiger partial charge in [-0.25, -0.2) is 0 Å². The van der Waals surface area contributed by atoms with Crippen LogP contribution in [0.5, 0.6) is 0 Å². The number of nitrogens with zero attached hydrogens (tertiary/aromatic N) is 2. The third-order valence-corrected chi connectivity index (χ3v) is 5.82. The van der Waals surface area contributed by atoms with Gasteiger partial charge in [0.25, 0.3) is 5.91 Å². The second-order valence-corrected chi connectivity index (χ2v) is 8.48. The van der Waals surface area contributed by atoms with Gasteiger partial charge in [-0.1, -0.05) is 48.0 Å². The van der Waals surface area contributed by atoms with Gasteiger partial charge in [-0.3, -0.25) is 15.0 Å². The van der Waals surface area contributed by atoms with E-state index in [2.05, 4.69) is 62.9 Å². The van der Waals surface area contributed by atoms with E-state index in [4.69, 9.17) is 12.2 Å². The first-order valence-electron chi connectivity index (χ1n) is 10.9. The summed E-state index contributed by atoms with van der Waals surface area (Å²) in [5, 5.41) is 6.13. The van der Waals surface area contributed by atoms with E-state index in [1.54, 1.807) is 6.07 Å². The molecule has 0 aliphatic carbocycles. The highest BCUT2D eigenvalue weighted by Crippen LogP contribution is 2.20. The number of carbonyl (C=O) groups excluding carboxylic acids is 1. The van der Waals surface area contributed by atoms with Gasteiger partial charge in [-0.05, 0) is 61.1 Å². The summed E-state index contributed by atoms with van der Waals surface area (Å²) in [6.45, 7) is 7.06. The molecule has 0 unspecified atom stereocenters. The molecule has 4 rings (SSSR count). The van der Waals surface area contributed by atoms with Gasteiger partial charge in [0.2, 0.25) is 0 Å². The molecule has 0 aromatic heterocycles. The Labute approximate surface area is 195 Å². The summed E-state index contributed by atoms with van der Waals surface area (Å²) < 4.78 is 0. The van der Waals surface area contributed by atoms with E-state index in [1.165, 1.54) is 11.3 Å². The second-order valence-electron chi connectivity index (χ2n) is 8.07. The van der Waals surface area contributed by atoms with Gasteiger partial charge in [-0.2, -0.15) is 0 Å². The monoisotopic (exact) mass is 444 g/mol. The van der Waals surface area contributed by atoms with Crippen molar-refractivity contribution in [3.05, 3.63) is 95.6 Å². The van der Waals surface area contributed by atoms with Gasteiger partial charge in [-0.15, -0.1) is 0 Å². The lowest BCUT2D eigenvalue weighted by atomic mass is 10.1. The van der Waals surface area contributed by atoms with Gasteiger partial charge in [0, 0.05) is 49.7 Å². The topological polar surface area (TPSA) is 47.6 Å². The number of amides is 1. The predicted molar refractivity (Wildman–Crippen MR) is 135 cm³/mol. The quantitative estimate of drug-likeness (QED) is 0.570. The molecule has 0 atom stereocenters. The highest BCUT2D eigenvalue weighted by Gasteiger charge is 2.17. The molecule has 0 radical (unpaired) electrons. The fourth-order valence-corrected chi connectivity index (χ4v) is 4.10. The largest absolute Gasteiger partial charge is 0.369 e. The summed E-state index contributed by atoms with van der Waals surface area (Å²) in [5.74, 6) is -0.212. The van der Waals surface area contributed by atoms with Crippen molar-refractivity contribution in [1.82, 2.24) is 10.2 Å². The zero-order chi connectivity index (χ0) is 22.3. The normalized spacial score (nSPS) is 14.1. The summed E-state index contributed by atoms with van der Waals surface area (Å²) in [7, 11) is 0. The van der Waals surface area contributed by atoms with Crippen LogP contribution in [-0.4, -0.2) is 42.1 Å². The number of hydrogen-bond acceptors (Lipinski definition) is 4. The molecule has 0 bridgehead atoms. The third-order valence-electron chi connectivity index (χ3n) is 5.62. The van der Waals surface area contributed by atoms with Crippen LogP contribution in [0.15, 0.2) is 78.9 Å². The van der Waals surface area contributed by atoms with Crippen LogP contribution in [0.25, 0.3) is 0 Å². The summed E-state index contributed by atoms with van der Waals surface area (Å²) in [6, 6.07) is 26.3. The Kier molecular flexibility index (Phi) is 7.14. The fraction of sp³-hybridized carbons (Fsp3) is 0.231. The Morgan fingerprint density at radius 1 is 0.906 bits per heavy atom. The minimum atomic E-state index is -0.212. The molecule has 1 amide bonds. The zero-order valence-electron chi connectivity index (χ0n) is 18.3. The standard InChI is InChI=1S/C26H28N4OS/c1-20-6-5-9-22(18-20)25(31)28-26(32)27-23-10-12-24(13-11-23)30-16-14-29(15-17-30)19-21-7-3-2-4-8-21/h2-13,18H,14-17,19H2,1H3,(H2,27,28,31,32). The van der Waals surface area contributed by atoms with E-state index >= 15 is 0 Å². The van der Waals surface area contributed by atoms with Gasteiger partial charge in [0.05, 0.1) is 0 Å². The lowest BCUT2D eigenvalue weighted by molar-refractivity contribution is 0.0977. The van der Waals surface area contributed by atoms with E-state index in [1.807, 2.05) is 37.3 Å². The van der Waals surface area contributed by atoms with E-state index in [0.717, 1.165) is 44.0 Å². The fourth-order valence-electron chi connectivity index (χ4n) is 3.89. The van der Waals surface area contributed by atoms with Gasteiger partial charge in [0.15, 0.2) is 5.11 Å². The number of hydrogen-bond donors (Lipinski definition) is 2. The zero-order valence-corrected chi connectivity index (χ0v) is 19.1. The van der Waals surface area contributed by atoms with Gasteiger partial charge < -0.3 is 10.2 Å². The van der Waals surface area contributed by atoms with Crippen LogP contribution >= 0.6 is 12.2 Å². The number of nitrogens with one attached hydrogen (secondary N) is 2. The van der Waals surface area contributed by atoms with Crippen LogP contribution < -0.4 is 15.5 Å². The van der Waals surface area contributed by atoms with Crippen molar-refractivity contribution in [1.29, 1.82) is 0 Å². The predicted octanol–water partition coefficient (Wildman–Crippen LogP) is 4.44. The number of benzene rings is 3.